The van der Waals surface area contributed by atoms with Crippen LogP contribution in [0.3, 0.4) is 0 Å². The summed E-state index contributed by atoms with van der Waals surface area (Å²) in [6.45, 7) is 4.10. The zero-order valence-corrected chi connectivity index (χ0v) is 10.5. The van der Waals surface area contributed by atoms with E-state index in [1.165, 1.54) is 0 Å². The van der Waals surface area contributed by atoms with Gasteiger partial charge < -0.3 is 9.80 Å². The van der Waals surface area contributed by atoms with Crippen LogP contribution in [0.25, 0.3) is 0 Å². The summed E-state index contributed by atoms with van der Waals surface area (Å²) in [6.07, 6.45) is 1.65. The average Bonchev–Trinajstić information content (AvgIpc) is 2.71. The summed E-state index contributed by atoms with van der Waals surface area (Å²) in [5, 5.41) is 8.83. The Morgan fingerprint density at radius 1 is 1.47 bits per heavy atom. The van der Waals surface area contributed by atoms with Gasteiger partial charge in [-0.2, -0.15) is 5.26 Å². The normalized spacial score (nSPS) is 24.1. The van der Waals surface area contributed by atoms with Crippen LogP contribution in [0.1, 0.15) is 12.6 Å². The monoisotopic (exact) mass is 231 g/mol. The zero-order valence-electron chi connectivity index (χ0n) is 10.5. The molecule has 0 aromatic carbocycles. The highest BCUT2D eigenvalue weighted by molar-refractivity contribution is 5.35. The summed E-state index contributed by atoms with van der Waals surface area (Å²) in [6, 6.07) is 4.20. The smallest absolute Gasteiger partial charge is 0.226 e. The maximum Gasteiger partial charge on any atom is 0.226 e. The van der Waals surface area contributed by atoms with E-state index in [-0.39, 0.29) is 0 Å². The van der Waals surface area contributed by atoms with Crippen molar-refractivity contribution in [2.75, 3.05) is 32.1 Å². The molecule has 1 saturated heterocycles. The number of hydrogen-bond acceptors (Lipinski definition) is 5. The summed E-state index contributed by atoms with van der Waals surface area (Å²) in [5.41, 5.74) is 0.427. The van der Waals surface area contributed by atoms with Gasteiger partial charge >= 0.3 is 0 Å². The molecule has 1 aromatic rings. The molecule has 1 fully saturated rings. The lowest BCUT2D eigenvalue weighted by molar-refractivity contribution is 0.266. The average molecular weight is 231 g/mol. The van der Waals surface area contributed by atoms with Crippen LogP contribution in [-0.4, -0.2) is 48.1 Å². The number of nitrogens with zero attached hydrogens (tertiary/aromatic N) is 5. The number of likely N-dealkylation sites (N-methyl/N-ethyl adjacent to an activating group) is 1. The van der Waals surface area contributed by atoms with Gasteiger partial charge in [-0.05, 0) is 26.1 Å². The number of anilines is 1. The van der Waals surface area contributed by atoms with Crippen molar-refractivity contribution in [1.82, 2.24) is 14.9 Å². The predicted octanol–water partition coefficient (Wildman–Crippen LogP) is 0.735. The molecule has 2 rings (SSSR count). The van der Waals surface area contributed by atoms with Gasteiger partial charge in [0.1, 0.15) is 11.8 Å². The molecule has 90 valence electrons. The fourth-order valence-electron chi connectivity index (χ4n) is 2.35. The minimum Gasteiger partial charge on any atom is -0.339 e. The van der Waals surface area contributed by atoms with E-state index in [1.807, 2.05) is 6.07 Å². The maximum absolute atomic E-state index is 8.83. The Labute approximate surface area is 102 Å². The van der Waals surface area contributed by atoms with Crippen molar-refractivity contribution in [3.63, 3.8) is 0 Å². The Balaban J connectivity index is 2.17. The van der Waals surface area contributed by atoms with E-state index in [0.717, 1.165) is 13.1 Å². The molecule has 1 aliphatic rings. The van der Waals surface area contributed by atoms with Crippen molar-refractivity contribution in [1.29, 1.82) is 5.26 Å². The van der Waals surface area contributed by atoms with Gasteiger partial charge in [0, 0.05) is 25.3 Å². The molecule has 1 aromatic heterocycles. The standard InChI is InChI=1S/C12H17N5/c1-9-7-17(8-11(9)16(2)3)12-14-5-4-10(6-13)15-12/h4-5,9,11H,7-8H2,1-3H3. The van der Waals surface area contributed by atoms with Gasteiger partial charge in [0.05, 0.1) is 0 Å². The van der Waals surface area contributed by atoms with Crippen molar-refractivity contribution >= 4 is 5.95 Å². The van der Waals surface area contributed by atoms with E-state index in [9.17, 15) is 0 Å². The third-order valence-corrected chi connectivity index (χ3v) is 3.28. The van der Waals surface area contributed by atoms with E-state index in [2.05, 4.69) is 40.8 Å². The van der Waals surface area contributed by atoms with E-state index in [0.29, 0.717) is 23.6 Å². The second kappa shape index (κ2) is 4.68. The summed E-state index contributed by atoms with van der Waals surface area (Å²) in [4.78, 5) is 12.9. The molecule has 5 heteroatoms. The van der Waals surface area contributed by atoms with Crippen LogP contribution in [0.4, 0.5) is 5.95 Å². The fraction of sp³-hybridized carbons (Fsp3) is 0.583. The second-order valence-electron chi connectivity index (χ2n) is 4.77. The van der Waals surface area contributed by atoms with Crippen LogP contribution in [0.15, 0.2) is 12.3 Å². The van der Waals surface area contributed by atoms with Crippen molar-refractivity contribution in [3.05, 3.63) is 18.0 Å². The summed E-state index contributed by atoms with van der Waals surface area (Å²) >= 11 is 0. The number of aromatic nitrogens is 2. The van der Waals surface area contributed by atoms with Gasteiger partial charge in [-0.1, -0.05) is 6.92 Å². The molecule has 5 nitrogen and oxygen atoms in total. The molecule has 0 bridgehead atoms. The minimum atomic E-state index is 0.427. The molecule has 0 N–H and O–H groups in total. The molecular weight excluding hydrogens is 214 g/mol. The Kier molecular flexibility index (Phi) is 3.25. The molecule has 0 spiro atoms. The molecule has 0 saturated carbocycles. The molecule has 2 heterocycles. The lowest BCUT2D eigenvalue weighted by atomic mass is 10.1. The van der Waals surface area contributed by atoms with Gasteiger partial charge in [-0.3, -0.25) is 0 Å². The van der Waals surface area contributed by atoms with Crippen LogP contribution in [-0.2, 0) is 0 Å². The first-order chi connectivity index (χ1) is 8.11. The summed E-state index contributed by atoms with van der Waals surface area (Å²) in [7, 11) is 4.19. The predicted molar refractivity (Wildman–Crippen MR) is 65.6 cm³/mol. The number of hydrogen-bond donors (Lipinski definition) is 0. The van der Waals surface area contributed by atoms with Crippen LogP contribution < -0.4 is 4.90 Å². The van der Waals surface area contributed by atoms with Crippen LogP contribution >= 0.6 is 0 Å². The summed E-state index contributed by atoms with van der Waals surface area (Å²) in [5.74, 6) is 1.25. The van der Waals surface area contributed by atoms with Crippen LogP contribution in [0.2, 0.25) is 0 Å². The number of rotatable bonds is 2. The van der Waals surface area contributed by atoms with Crippen LogP contribution in [0.5, 0.6) is 0 Å². The largest absolute Gasteiger partial charge is 0.339 e. The second-order valence-corrected chi connectivity index (χ2v) is 4.77. The third kappa shape index (κ3) is 2.37. The van der Waals surface area contributed by atoms with Crippen molar-refractivity contribution in [2.45, 2.75) is 13.0 Å². The topological polar surface area (TPSA) is 56.1 Å². The lowest BCUT2D eigenvalue weighted by Crippen LogP contribution is -2.34. The molecule has 2 unspecified atom stereocenters. The van der Waals surface area contributed by atoms with E-state index in [1.54, 1.807) is 12.3 Å². The Bertz CT molecular complexity index is 437. The van der Waals surface area contributed by atoms with Gasteiger partial charge in [0.25, 0.3) is 0 Å². The zero-order chi connectivity index (χ0) is 12.4. The highest BCUT2D eigenvalue weighted by Gasteiger charge is 2.32. The molecule has 0 aliphatic carbocycles. The quantitative estimate of drug-likeness (QED) is 0.751. The first-order valence-corrected chi connectivity index (χ1v) is 5.76. The molecule has 17 heavy (non-hydrogen) atoms. The Morgan fingerprint density at radius 2 is 2.24 bits per heavy atom. The van der Waals surface area contributed by atoms with Crippen LogP contribution in [0, 0.1) is 17.2 Å². The third-order valence-electron chi connectivity index (χ3n) is 3.28. The first-order valence-electron chi connectivity index (χ1n) is 5.76. The van der Waals surface area contributed by atoms with Crippen molar-refractivity contribution in [2.24, 2.45) is 5.92 Å². The molecule has 0 radical (unpaired) electrons. The Hall–Kier alpha value is -1.67. The Morgan fingerprint density at radius 3 is 2.82 bits per heavy atom. The number of nitriles is 1. The maximum atomic E-state index is 8.83. The van der Waals surface area contributed by atoms with E-state index < -0.39 is 0 Å². The van der Waals surface area contributed by atoms with E-state index in [4.69, 9.17) is 5.26 Å². The van der Waals surface area contributed by atoms with Gasteiger partial charge in [-0.15, -0.1) is 0 Å². The van der Waals surface area contributed by atoms with Crippen molar-refractivity contribution in [3.8, 4) is 6.07 Å². The van der Waals surface area contributed by atoms with Gasteiger partial charge in [0.2, 0.25) is 5.95 Å². The SMILES string of the molecule is CC1CN(c2nccc(C#N)n2)CC1N(C)C. The van der Waals surface area contributed by atoms with Gasteiger partial charge in [-0.25, -0.2) is 9.97 Å². The minimum absolute atomic E-state index is 0.427. The first kappa shape index (κ1) is 11.8. The highest BCUT2D eigenvalue weighted by atomic mass is 15.3. The van der Waals surface area contributed by atoms with E-state index >= 15 is 0 Å². The van der Waals surface area contributed by atoms with Gasteiger partial charge in [0.15, 0.2) is 0 Å². The highest BCUT2D eigenvalue weighted by Crippen LogP contribution is 2.23. The molecule has 0 amide bonds. The fourth-order valence-corrected chi connectivity index (χ4v) is 2.35. The molecule has 1 aliphatic heterocycles. The molecule has 2 atom stereocenters. The van der Waals surface area contributed by atoms with Crippen molar-refractivity contribution < 1.29 is 0 Å². The molecular formula is C12H17N5. The lowest BCUT2D eigenvalue weighted by Gasteiger charge is -2.22. The summed E-state index contributed by atoms with van der Waals surface area (Å²) < 4.78 is 0.